The first-order valence-electron chi connectivity index (χ1n) is 16.3. The molecule has 6 heteroatoms. The summed E-state index contributed by atoms with van der Waals surface area (Å²) in [5.41, 5.74) is 7.31. The fourth-order valence-electron chi connectivity index (χ4n) is 6.75. The molecule has 4 aromatic heterocycles. The molecule has 0 unspecified atom stereocenters. The number of aromatic nitrogens is 6. The first-order chi connectivity index (χ1) is 24.2. The second-order valence-corrected chi connectivity index (χ2v) is 12.2. The zero-order chi connectivity index (χ0) is 32.3. The lowest BCUT2D eigenvalue weighted by Crippen LogP contribution is -2.00. The molecule has 0 saturated carbocycles. The number of benzene rings is 6. The molecule has 0 bridgehead atoms. The number of pyridine rings is 2. The normalized spacial score (nSPS) is 11.7. The summed E-state index contributed by atoms with van der Waals surface area (Å²) >= 11 is 0. The number of nitrogens with zero attached hydrogens (tertiary/aromatic N) is 6. The topological polar surface area (TPSA) is 68.9 Å². The molecule has 10 rings (SSSR count). The summed E-state index contributed by atoms with van der Waals surface area (Å²) < 4.78 is 2.05. The first-order valence-corrected chi connectivity index (χ1v) is 16.3. The fourth-order valence-corrected chi connectivity index (χ4v) is 6.75. The molecule has 0 atom stereocenters. The van der Waals surface area contributed by atoms with Crippen molar-refractivity contribution in [2.75, 3.05) is 0 Å². The van der Waals surface area contributed by atoms with Gasteiger partial charge in [-0.05, 0) is 45.8 Å². The van der Waals surface area contributed by atoms with E-state index in [1.807, 2.05) is 28.8 Å². The van der Waals surface area contributed by atoms with E-state index >= 15 is 0 Å². The van der Waals surface area contributed by atoms with Crippen LogP contribution in [0.2, 0.25) is 0 Å². The Balaban J connectivity index is 1.12. The van der Waals surface area contributed by atoms with Crippen LogP contribution in [0.1, 0.15) is 0 Å². The highest BCUT2D eigenvalue weighted by molar-refractivity contribution is 6.09. The van der Waals surface area contributed by atoms with Gasteiger partial charge in [0.25, 0.3) is 0 Å². The number of hydrogen-bond donors (Lipinski definition) is 0. The Morgan fingerprint density at radius 3 is 1.53 bits per heavy atom. The van der Waals surface area contributed by atoms with Crippen molar-refractivity contribution in [3.63, 3.8) is 0 Å². The van der Waals surface area contributed by atoms with Crippen LogP contribution in [0.5, 0.6) is 0 Å². The molecule has 0 aliphatic rings. The molecular formula is C43H26N6. The summed E-state index contributed by atoms with van der Waals surface area (Å²) in [4.78, 5) is 25.2. The van der Waals surface area contributed by atoms with Gasteiger partial charge < -0.3 is 0 Å². The van der Waals surface area contributed by atoms with Crippen molar-refractivity contribution < 1.29 is 0 Å². The quantitative estimate of drug-likeness (QED) is 0.194. The maximum absolute atomic E-state index is 5.18. The zero-order valence-electron chi connectivity index (χ0n) is 26.2. The Bertz CT molecular complexity index is 2790. The third-order valence-corrected chi connectivity index (χ3v) is 9.23. The van der Waals surface area contributed by atoms with Crippen molar-refractivity contribution in [3.05, 3.63) is 158 Å². The van der Waals surface area contributed by atoms with E-state index in [0.29, 0.717) is 17.5 Å². The molecule has 10 aromatic rings. The minimum absolute atomic E-state index is 0.614. The zero-order valence-corrected chi connectivity index (χ0v) is 26.2. The van der Waals surface area contributed by atoms with Gasteiger partial charge in [0.2, 0.25) is 0 Å². The van der Waals surface area contributed by atoms with Gasteiger partial charge >= 0.3 is 0 Å². The van der Waals surface area contributed by atoms with Crippen molar-refractivity contribution in [2.24, 2.45) is 0 Å². The van der Waals surface area contributed by atoms with E-state index in [4.69, 9.17) is 24.9 Å². The van der Waals surface area contributed by atoms with Crippen molar-refractivity contribution in [3.8, 4) is 45.4 Å². The van der Waals surface area contributed by atoms with Crippen molar-refractivity contribution in [1.29, 1.82) is 0 Å². The van der Waals surface area contributed by atoms with E-state index in [-0.39, 0.29) is 0 Å². The molecule has 4 heterocycles. The predicted molar refractivity (Wildman–Crippen MR) is 198 cm³/mol. The molecule has 0 spiro atoms. The third-order valence-electron chi connectivity index (χ3n) is 9.23. The van der Waals surface area contributed by atoms with Crippen LogP contribution in [0, 0.1) is 0 Å². The molecule has 0 radical (unpaired) electrons. The largest absolute Gasteiger partial charge is 0.284 e. The Morgan fingerprint density at radius 1 is 0.367 bits per heavy atom. The second-order valence-electron chi connectivity index (χ2n) is 12.2. The summed E-state index contributed by atoms with van der Waals surface area (Å²) in [6.45, 7) is 0. The Morgan fingerprint density at radius 2 is 0.878 bits per heavy atom. The van der Waals surface area contributed by atoms with Gasteiger partial charge in [0, 0.05) is 39.2 Å². The van der Waals surface area contributed by atoms with Crippen LogP contribution in [0.25, 0.3) is 94.5 Å². The van der Waals surface area contributed by atoms with Gasteiger partial charge in [-0.3, -0.25) is 4.40 Å². The van der Waals surface area contributed by atoms with Crippen molar-refractivity contribution in [1.82, 2.24) is 29.3 Å². The van der Waals surface area contributed by atoms with E-state index in [1.54, 1.807) is 0 Å². The summed E-state index contributed by atoms with van der Waals surface area (Å²) in [7, 11) is 0. The van der Waals surface area contributed by atoms with Gasteiger partial charge in [0.05, 0.1) is 5.69 Å². The van der Waals surface area contributed by atoms with Gasteiger partial charge in [-0.25, -0.2) is 24.9 Å². The lowest BCUT2D eigenvalue weighted by atomic mass is 10.0. The molecule has 0 fully saturated rings. The summed E-state index contributed by atoms with van der Waals surface area (Å²) in [6, 6.07) is 52.1. The van der Waals surface area contributed by atoms with E-state index in [1.165, 1.54) is 10.8 Å². The third kappa shape index (κ3) is 4.61. The highest BCUT2D eigenvalue weighted by Gasteiger charge is 2.17. The molecular weight excluding hydrogens is 601 g/mol. The highest BCUT2D eigenvalue weighted by atomic mass is 15.1. The number of imidazole rings is 1. The van der Waals surface area contributed by atoms with E-state index in [0.717, 1.165) is 66.3 Å². The molecule has 0 aliphatic carbocycles. The Hall–Kier alpha value is -6.79. The van der Waals surface area contributed by atoms with E-state index in [9.17, 15) is 0 Å². The second kappa shape index (κ2) is 10.9. The van der Waals surface area contributed by atoms with Crippen LogP contribution in [0.15, 0.2) is 158 Å². The van der Waals surface area contributed by atoms with E-state index < -0.39 is 0 Å². The van der Waals surface area contributed by atoms with Crippen molar-refractivity contribution >= 4 is 49.1 Å². The predicted octanol–water partition coefficient (Wildman–Crippen LogP) is 10.2. The molecule has 228 valence electrons. The van der Waals surface area contributed by atoms with Crippen LogP contribution >= 0.6 is 0 Å². The van der Waals surface area contributed by atoms with Gasteiger partial charge in [0.1, 0.15) is 11.2 Å². The SMILES string of the molecule is c1ccc2cc(-c3nc(-c4ccc(-c5nc6c(nc7ccccn76)c6ccccc56)cc4)nc(-c4ccc5ccccc5c4)n3)ccc2c1. The van der Waals surface area contributed by atoms with Gasteiger partial charge in [-0.15, -0.1) is 0 Å². The summed E-state index contributed by atoms with van der Waals surface area (Å²) in [5, 5.41) is 6.77. The molecule has 6 aromatic carbocycles. The Kier molecular flexibility index (Phi) is 6.08. The van der Waals surface area contributed by atoms with Gasteiger partial charge in [-0.2, -0.15) is 0 Å². The average molecular weight is 627 g/mol. The molecule has 0 saturated heterocycles. The number of fused-ring (bicyclic) bond motifs is 7. The first kappa shape index (κ1) is 27.3. The molecule has 0 N–H and O–H groups in total. The maximum atomic E-state index is 5.18. The lowest BCUT2D eigenvalue weighted by Gasteiger charge is -2.11. The number of hydrogen-bond acceptors (Lipinski definition) is 5. The molecule has 0 amide bonds. The van der Waals surface area contributed by atoms with Crippen LogP contribution in [-0.4, -0.2) is 29.3 Å². The molecule has 6 nitrogen and oxygen atoms in total. The molecule has 0 aliphatic heterocycles. The van der Waals surface area contributed by atoms with Gasteiger partial charge in [0.15, 0.2) is 23.1 Å². The lowest BCUT2D eigenvalue weighted by molar-refractivity contribution is 1.07. The monoisotopic (exact) mass is 626 g/mol. The average Bonchev–Trinajstić information content (AvgIpc) is 3.56. The molecule has 49 heavy (non-hydrogen) atoms. The van der Waals surface area contributed by atoms with Crippen LogP contribution in [0.3, 0.4) is 0 Å². The van der Waals surface area contributed by atoms with Crippen molar-refractivity contribution in [2.45, 2.75) is 0 Å². The minimum atomic E-state index is 0.614. The Labute approximate surface area is 281 Å². The van der Waals surface area contributed by atoms with Crippen LogP contribution in [0.4, 0.5) is 0 Å². The summed E-state index contributed by atoms with van der Waals surface area (Å²) in [5.74, 6) is 1.88. The van der Waals surface area contributed by atoms with Gasteiger partial charge in [-0.1, -0.05) is 127 Å². The minimum Gasteiger partial charge on any atom is -0.284 e. The van der Waals surface area contributed by atoms with E-state index in [2.05, 4.69) is 133 Å². The van der Waals surface area contributed by atoms with Crippen LogP contribution in [-0.2, 0) is 0 Å². The summed E-state index contributed by atoms with van der Waals surface area (Å²) in [6.07, 6.45) is 2.01. The smallest absolute Gasteiger partial charge is 0.165 e. The van der Waals surface area contributed by atoms with Crippen LogP contribution < -0.4 is 0 Å². The number of rotatable bonds is 4. The maximum Gasteiger partial charge on any atom is 0.165 e. The fraction of sp³-hybridized carbons (Fsp3) is 0. The highest BCUT2D eigenvalue weighted by Crippen LogP contribution is 2.34. The standard InChI is InChI=1S/C43H26N6/c1-3-11-31-25-33(22-16-27(31)9-1)41-46-40(47-42(48-41)34-23-17-28-10-2-4-12-32(28)26-34)30-20-18-29(19-21-30)38-35-13-5-6-14-36(35)39-43(45-38)49-24-8-7-15-37(49)44-39/h1-26H.